The zero-order valence-electron chi connectivity index (χ0n) is 27.7. The number of carbonyl (C=O) groups is 2. The lowest BCUT2D eigenvalue weighted by Gasteiger charge is -2.57. The lowest BCUT2D eigenvalue weighted by atomic mass is 9.48. The molecule has 0 aromatic heterocycles. The number of nitrogens with one attached hydrogen (secondary N) is 1. The predicted octanol–water partition coefficient (Wildman–Crippen LogP) is 6.19. The number of hydrogen-bond acceptors (Lipinski definition) is 5. The maximum absolute atomic E-state index is 14.2. The Bertz CT molecular complexity index is 1470. The maximum atomic E-state index is 14.2. The molecule has 9 heteroatoms. The fraction of sp³-hybridized carbons (Fsp3) is 0.622. The molecule has 46 heavy (non-hydrogen) atoms. The third kappa shape index (κ3) is 7.09. The fourth-order valence-corrected chi connectivity index (χ4v) is 10.3. The number of methoxy groups -OCH3 is 1. The SMILES string of the molecule is CC[C@H](C(=O)NC1CCCCC1)N(Cc1cccc(OC)c1)C(=O)CN(c1ccc(C23CC4CC(CC(C4)C2)C3)cc1)S(C)(=O)=O. The highest BCUT2D eigenvalue weighted by molar-refractivity contribution is 7.92. The van der Waals surface area contributed by atoms with E-state index in [1.807, 2.05) is 43.3 Å². The standard InChI is InChI=1S/C37H51N3O5S/c1-4-34(36(42)38-31-10-6-5-7-11-31)39(24-26-9-8-12-33(20-26)45-2)35(41)25-40(46(3,43)44)32-15-13-30(14-16-32)37-21-27-17-28(22-37)19-29(18-27)23-37/h8-9,12-16,20,27-29,31,34H,4-7,10-11,17-19,21-25H2,1-3H3,(H,38,42)/t27?,28?,29?,34-,37?/m1/s1. The van der Waals surface area contributed by atoms with Crippen molar-refractivity contribution in [3.05, 3.63) is 59.7 Å². The Morgan fingerprint density at radius 3 is 2.15 bits per heavy atom. The Morgan fingerprint density at radius 2 is 1.59 bits per heavy atom. The number of carbonyl (C=O) groups excluding carboxylic acids is 2. The Morgan fingerprint density at radius 1 is 0.957 bits per heavy atom. The quantitative estimate of drug-likeness (QED) is 0.296. The van der Waals surface area contributed by atoms with E-state index in [0.29, 0.717) is 17.9 Å². The van der Waals surface area contributed by atoms with Crippen LogP contribution < -0.4 is 14.4 Å². The summed E-state index contributed by atoms with van der Waals surface area (Å²) in [6.45, 7) is 1.68. The van der Waals surface area contributed by atoms with Crippen LogP contribution in [-0.2, 0) is 31.6 Å². The van der Waals surface area contributed by atoms with Crippen molar-refractivity contribution in [2.75, 3.05) is 24.2 Å². The van der Waals surface area contributed by atoms with Crippen molar-refractivity contribution in [2.45, 2.75) is 108 Å². The second kappa shape index (κ2) is 13.6. The van der Waals surface area contributed by atoms with E-state index in [9.17, 15) is 18.0 Å². The Kier molecular flexibility index (Phi) is 9.70. The van der Waals surface area contributed by atoms with E-state index in [1.165, 1.54) is 54.8 Å². The number of amides is 2. The number of ether oxygens (including phenoxy) is 1. The van der Waals surface area contributed by atoms with Crippen LogP contribution in [0.2, 0.25) is 0 Å². The molecule has 0 aliphatic heterocycles. The van der Waals surface area contributed by atoms with Gasteiger partial charge in [-0.15, -0.1) is 0 Å². The molecule has 8 nitrogen and oxygen atoms in total. The van der Waals surface area contributed by atoms with Gasteiger partial charge in [-0.2, -0.15) is 0 Å². The number of nitrogens with zero attached hydrogens (tertiary/aromatic N) is 2. The molecule has 0 unspecified atom stereocenters. The minimum Gasteiger partial charge on any atom is -0.497 e. The third-order valence-electron chi connectivity index (χ3n) is 11.3. The molecule has 1 atom stereocenters. The van der Waals surface area contributed by atoms with Gasteiger partial charge in [-0.1, -0.05) is 50.5 Å². The van der Waals surface area contributed by atoms with Crippen molar-refractivity contribution >= 4 is 27.5 Å². The van der Waals surface area contributed by atoms with Gasteiger partial charge in [0.15, 0.2) is 0 Å². The van der Waals surface area contributed by atoms with Crippen LogP contribution in [0.4, 0.5) is 5.69 Å². The molecule has 250 valence electrons. The summed E-state index contributed by atoms with van der Waals surface area (Å²) in [6.07, 6.45) is 14.6. The van der Waals surface area contributed by atoms with Gasteiger partial charge in [-0.3, -0.25) is 13.9 Å². The van der Waals surface area contributed by atoms with Crippen LogP contribution in [0.3, 0.4) is 0 Å². The van der Waals surface area contributed by atoms with E-state index < -0.39 is 22.0 Å². The van der Waals surface area contributed by atoms with E-state index in [-0.39, 0.29) is 30.5 Å². The second-order valence-electron chi connectivity index (χ2n) is 14.7. The van der Waals surface area contributed by atoms with Crippen molar-refractivity contribution in [2.24, 2.45) is 17.8 Å². The molecule has 5 fully saturated rings. The number of benzene rings is 2. The summed E-state index contributed by atoms with van der Waals surface area (Å²) in [5, 5.41) is 3.20. The molecule has 7 rings (SSSR count). The molecule has 5 aliphatic rings. The lowest BCUT2D eigenvalue weighted by Crippen LogP contribution is -2.54. The van der Waals surface area contributed by atoms with E-state index in [2.05, 4.69) is 17.4 Å². The molecule has 5 aliphatic carbocycles. The minimum atomic E-state index is -3.80. The van der Waals surface area contributed by atoms with Crippen molar-refractivity contribution in [1.82, 2.24) is 10.2 Å². The van der Waals surface area contributed by atoms with E-state index in [1.54, 1.807) is 12.0 Å². The first-order chi connectivity index (χ1) is 22.1. The molecule has 0 saturated heterocycles. The third-order valence-corrected chi connectivity index (χ3v) is 12.5. The molecular weight excluding hydrogens is 598 g/mol. The average molecular weight is 650 g/mol. The summed E-state index contributed by atoms with van der Waals surface area (Å²) in [6, 6.07) is 14.8. The molecular formula is C37H51N3O5S. The largest absolute Gasteiger partial charge is 0.497 e. The number of sulfonamides is 1. The normalized spacial score (nSPS) is 26.4. The van der Waals surface area contributed by atoms with Gasteiger partial charge >= 0.3 is 0 Å². The van der Waals surface area contributed by atoms with Crippen LogP contribution >= 0.6 is 0 Å². The van der Waals surface area contributed by atoms with Gasteiger partial charge in [0.25, 0.3) is 0 Å². The number of hydrogen-bond donors (Lipinski definition) is 1. The number of rotatable bonds is 12. The van der Waals surface area contributed by atoms with Crippen LogP contribution in [0.15, 0.2) is 48.5 Å². The van der Waals surface area contributed by atoms with Gasteiger partial charge in [0, 0.05) is 12.6 Å². The maximum Gasteiger partial charge on any atom is 0.244 e. The molecule has 0 heterocycles. The van der Waals surface area contributed by atoms with Crippen molar-refractivity contribution in [3.8, 4) is 5.75 Å². The molecule has 0 radical (unpaired) electrons. The van der Waals surface area contributed by atoms with Gasteiger partial charge < -0.3 is 15.0 Å². The Hall–Kier alpha value is -3.07. The molecule has 5 saturated carbocycles. The van der Waals surface area contributed by atoms with Crippen molar-refractivity contribution in [1.29, 1.82) is 0 Å². The van der Waals surface area contributed by atoms with Gasteiger partial charge in [-0.05, 0) is 116 Å². The van der Waals surface area contributed by atoms with Crippen LogP contribution in [0, 0.1) is 17.8 Å². The first-order valence-electron chi connectivity index (χ1n) is 17.4. The lowest BCUT2D eigenvalue weighted by molar-refractivity contribution is -0.140. The van der Waals surface area contributed by atoms with E-state index >= 15 is 0 Å². The van der Waals surface area contributed by atoms with E-state index in [0.717, 1.165) is 55.3 Å². The van der Waals surface area contributed by atoms with Crippen molar-refractivity contribution in [3.63, 3.8) is 0 Å². The summed E-state index contributed by atoms with van der Waals surface area (Å²) in [4.78, 5) is 29.5. The van der Waals surface area contributed by atoms with Gasteiger partial charge in [0.2, 0.25) is 21.8 Å². The number of anilines is 1. The Balaban J connectivity index is 1.25. The smallest absolute Gasteiger partial charge is 0.244 e. The first kappa shape index (κ1) is 32.9. The van der Waals surface area contributed by atoms with Gasteiger partial charge in [0.05, 0.1) is 19.1 Å². The molecule has 4 bridgehead atoms. The first-order valence-corrected chi connectivity index (χ1v) is 19.2. The van der Waals surface area contributed by atoms with Crippen molar-refractivity contribution < 1.29 is 22.7 Å². The average Bonchev–Trinajstić information content (AvgIpc) is 3.03. The van der Waals surface area contributed by atoms with Crippen LogP contribution in [0.1, 0.15) is 95.1 Å². The topological polar surface area (TPSA) is 96.0 Å². The Labute approximate surface area is 275 Å². The second-order valence-corrected chi connectivity index (χ2v) is 16.6. The fourth-order valence-electron chi connectivity index (χ4n) is 9.49. The monoisotopic (exact) mass is 649 g/mol. The summed E-state index contributed by atoms with van der Waals surface area (Å²) in [5.74, 6) is 2.50. The van der Waals surface area contributed by atoms with Crippen LogP contribution in [-0.4, -0.2) is 57.1 Å². The summed E-state index contributed by atoms with van der Waals surface area (Å²) >= 11 is 0. The summed E-state index contributed by atoms with van der Waals surface area (Å²) in [7, 11) is -2.21. The van der Waals surface area contributed by atoms with Gasteiger partial charge in [-0.25, -0.2) is 8.42 Å². The van der Waals surface area contributed by atoms with E-state index in [4.69, 9.17) is 4.74 Å². The molecule has 1 N–H and O–H groups in total. The molecule has 2 amide bonds. The van der Waals surface area contributed by atoms with Crippen LogP contribution in [0.5, 0.6) is 5.75 Å². The molecule has 0 spiro atoms. The summed E-state index contributed by atoms with van der Waals surface area (Å²) in [5.41, 5.74) is 2.79. The highest BCUT2D eigenvalue weighted by Crippen LogP contribution is 2.60. The van der Waals surface area contributed by atoms with Crippen LogP contribution in [0.25, 0.3) is 0 Å². The van der Waals surface area contributed by atoms with Gasteiger partial charge in [0.1, 0.15) is 18.3 Å². The predicted molar refractivity (Wildman–Crippen MR) is 181 cm³/mol. The summed E-state index contributed by atoms with van der Waals surface area (Å²) < 4.78 is 33.1. The zero-order valence-corrected chi connectivity index (χ0v) is 28.6. The zero-order chi connectivity index (χ0) is 32.5. The minimum absolute atomic E-state index is 0.101. The highest BCUT2D eigenvalue weighted by atomic mass is 32.2. The molecule has 2 aromatic carbocycles. The molecule has 2 aromatic rings. The highest BCUT2D eigenvalue weighted by Gasteiger charge is 2.51.